The number of hydrogen-bond donors (Lipinski definition) is 0. The maximum atomic E-state index is 11.0. The molecule has 1 rings (SSSR count). The number of carbonyl (C=O) groups excluding carboxylic acids is 1. The van der Waals surface area contributed by atoms with Crippen molar-refractivity contribution in [1.29, 1.82) is 0 Å². The molecule has 0 aromatic carbocycles. The lowest BCUT2D eigenvalue weighted by molar-refractivity contribution is 0.0916. The van der Waals surface area contributed by atoms with Crippen LogP contribution in [0.25, 0.3) is 0 Å². The van der Waals surface area contributed by atoms with Crippen LogP contribution in [0.4, 0.5) is 0 Å². The molecule has 0 saturated heterocycles. The van der Waals surface area contributed by atoms with Gasteiger partial charge in [-0.05, 0) is 13.3 Å². The fraction of sp³-hybridized carbons (Fsp3) is 0.625. The van der Waals surface area contributed by atoms with Crippen molar-refractivity contribution in [3.8, 4) is 0 Å². The van der Waals surface area contributed by atoms with Crippen LogP contribution in [0, 0.1) is 6.92 Å². The molecule has 0 N–H and O–H groups in total. The van der Waals surface area contributed by atoms with E-state index in [4.69, 9.17) is 0 Å². The Labute approximate surface area is 71.6 Å². The first-order chi connectivity index (χ1) is 5.65. The summed E-state index contributed by atoms with van der Waals surface area (Å²) in [4.78, 5) is 15.2. The normalized spacial score (nSPS) is 10.2. The summed E-state index contributed by atoms with van der Waals surface area (Å²) in [6.07, 6.45) is 1.78. The van der Waals surface area contributed by atoms with E-state index in [0.717, 1.165) is 18.7 Å². The average Bonchev–Trinajstić information content (AvgIpc) is 2.32. The van der Waals surface area contributed by atoms with E-state index in [0.29, 0.717) is 5.82 Å². The zero-order chi connectivity index (χ0) is 9.14. The lowest BCUT2D eigenvalue weighted by Crippen LogP contribution is -2.11. The van der Waals surface area contributed by atoms with Gasteiger partial charge in [-0.2, -0.15) is 4.68 Å². The Hall–Kier alpha value is -1.19. The first-order valence-electron chi connectivity index (χ1n) is 4.08. The Morgan fingerprint density at radius 1 is 1.58 bits per heavy atom. The third kappa shape index (κ3) is 1.69. The van der Waals surface area contributed by atoms with Crippen molar-refractivity contribution in [1.82, 2.24) is 14.8 Å². The minimum Gasteiger partial charge on any atom is -0.273 e. The van der Waals surface area contributed by atoms with Gasteiger partial charge in [0, 0.05) is 13.3 Å². The quantitative estimate of drug-likeness (QED) is 0.665. The number of rotatable bonds is 2. The summed E-state index contributed by atoms with van der Waals surface area (Å²) in [6, 6.07) is 0. The molecule has 66 valence electrons. The highest BCUT2D eigenvalue weighted by Gasteiger charge is 2.08. The van der Waals surface area contributed by atoms with Crippen LogP contribution in [-0.4, -0.2) is 20.7 Å². The molecule has 0 amide bonds. The van der Waals surface area contributed by atoms with Gasteiger partial charge >= 0.3 is 0 Å². The molecule has 1 aromatic rings. The van der Waals surface area contributed by atoms with E-state index < -0.39 is 0 Å². The largest absolute Gasteiger partial charge is 0.273 e. The maximum Gasteiger partial charge on any atom is 0.245 e. The standard InChI is InChI=1S/C8H13N3O/c1-4-5-8-9-6(2)10-11(8)7(3)12/h4-5H2,1-3H3. The van der Waals surface area contributed by atoms with E-state index in [1.165, 1.54) is 11.6 Å². The molecule has 1 heterocycles. The third-order valence-corrected chi connectivity index (χ3v) is 1.55. The summed E-state index contributed by atoms with van der Waals surface area (Å²) in [6.45, 7) is 5.33. The van der Waals surface area contributed by atoms with Crippen LogP contribution in [0.3, 0.4) is 0 Å². The minimum atomic E-state index is -0.0703. The van der Waals surface area contributed by atoms with Gasteiger partial charge in [0.15, 0.2) is 0 Å². The summed E-state index contributed by atoms with van der Waals surface area (Å²) in [5.41, 5.74) is 0. The third-order valence-electron chi connectivity index (χ3n) is 1.55. The van der Waals surface area contributed by atoms with Gasteiger partial charge in [-0.15, -0.1) is 5.10 Å². The highest BCUT2D eigenvalue weighted by atomic mass is 16.2. The first-order valence-corrected chi connectivity index (χ1v) is 4.08. The van der Waals surface area contributed by atoms with Crippen molar-refractivity contribution < 1.29 is 4.79 Å². The molecule has 4 nitrogen and oxygen atoms in total. The Bertz CT molecular complexity index is 290. The highest BCUT2D eigenvalue weighted by Crippen LogP contribution is 2.00. The molecule has 0 bridgehead atoms. The second-order valence-electron chi connectivity index (χ2n) is 2.76. The van der Waals surface area contributed by atoms with Crippen LogP contribution < -0.4 is 0 Å². The smallest absolute Gasteiger partial charge is 0.245 e. The molecule has 0 aliphatic carbocycles. The van der Waals surface area contributed by atoms with E-state index in [9.17, 15) is 4.79 Å². The summed E-state index contributed by atoms with van der Waals surface area (Å²) < 4.78 is 1.37. The van der Waals surface area contributed by atoms with Gasteiger partial charge in [0.05, 0.1) is 0 Å². The molecule has 0 radical (unpaired) electrons. The summed E-state index contributed by atoms with van der Waals surface area (Å²) in [5.74, 6) is 1.36. The Morgan fingerprint density at radius 2 is 2.25 bits per heavy atom. The molecule has 1 aromatic heterocycles. The van der Waals surface area contributed by atoms with E-state index in [1.807, 2.05) is 0 Å². The monoisotopic (exact) mass is 167 g/mol. The second-order valence-corrected chi connectivity index (χ2v) is 2.76. The average molecular weight is 167 g/mol. The van der Waals surface area contributed by atoms with Crippen LogP contribution in [0.2, 0.25) is 0 Å². The van der Waals surface area contributed by atoms with E-state index in [1.54, 1.807) is 6.92 Å². The predicted molar refractivity (Wildman–Crippen MR) is 45.1 cm³/mol. The van der Waals surface area contributed by atoms with Crippen molar-refractivity contribution >= 4 is 5.91 Å². The van der Waals surface area contributed by atoms with Gasteiger partial charge in [0.1, 0.15) is 11.6 Å². The maximum absolute atomic E-state index is 11.0. The Balaban J connectivity index is 2.99. The van der Waals surface area contributed by atoms with Crippen molar-refractivity contribution in [3.05, 3.63) is 11.6 Å². The molecule has 0 spiro atoms. The van der Waals surface area contributed by atoms with E-state index >= 15 is 0 Å². The molecule has 4 heteroatoms. The number of carbonyl (C=O) groups is 1. The van der Waals surface area contributed by atoms with Crippen molar-refractivity contribution in [2.75, 3.05) is 0 Å². The van der Waals surface area contributed by atoms with Crippen LogP contribution in [0.1, 0.15) is 36.7 Å². The molecule has 0 aliphatic rings. The van der Waals surface area contributed by atoms with Crippen LogP contribution in [-0.2, 0) is 6.42 Å². The number of aromatic nitrogens is 3. The van der Waals surface area contributed by atoms with Gasteiger partial charge in [-0.25, -0.2) is 4.98 Å². The molecule has 0 atom stereocenters. The van der Waals surface area contributed by atoms with Crippen LogP contribution in [0.15, 0.2) is 0 Å². The minimum absolute atomic E-state index is 0.0703. The number of nitrogens with zero attached hydrogens (tertiary/aromatic N) is 3. The van der Waals surface area contributed by atoms with Gasteiger partial charge in [-0.1, -0.05) is 6.92 Å². The van der Waals surface area contributed by atoms with Gasteiger partial charge in [0.25, 0.3) is 0 Å². The predicted octanol–water partition coefficient (Wildman–Crippen LogP) is 1.20. The van der Waals surface area contributed by atoms with Gasteiger partial charge < -0.3 is 0 Å². The molecule has 0 aliphatic heterocycles. The fourth-order valence-electron chi connectivity index (χ4n) is 1.10. The highest BCUT2D eigenvalue weighted by molar-refractivity contribution is 5.75. The van der Waals surface area contributed by atoms with Gasteiger partial charge in [-0.3, -0.25) is 4.79 Å². The van der Waals surface area contributed by atoms with Crippen molar-refractivity contribution in [2.45, 2.75) is 33.6 Å². The van der Waals surface area contributed by atoms with Crippen LogP contribution in [0.5, 0.6) is 0 Å². The topological polar surface area (TPSA) is 47.8 Å². The SMILES string of the molecule is CCCc1nc(C)nn1C(C)=O. The zero-order valence-corrected chi connectivity index (χ0v) is 7.66. The van der Waals surface area contributed by atoms with E-state index in [2.05, 4.69) is 17.0 Å². The Kier molecular flexibility index (Phi) is 2.58. The van der Waals surface area contributed by atoms with Crippen molar-refractivity contribution in [3.63, 3.8) is 0 Å². The zero-order valence-electron chi connectivity index (χ0n) is 7.66. The summed E-state index contributed by atoms with van der Waals surface area (Å²) >= 11 is 0. The molecular formula is C8H13N3O. The molecule has 12 heavy (non-hydrogen) atoms. The van der Waals surface area contributed by atoms with E-state index in [-0.39, 0.29) is 5.91 Å². The Morgan fingerprint density at radius 3 is 2.75 bits per heavy atom. The fourth-order valence-corrected chi connectivity index (χ4v) is 1.10. The summed E-state index contributed by atoms with van der Waals surface area (Å²) in [7, 11) is 0. The number of hydrogen-bond acceptors (Lipinski definition) is 3. The lowest BCUT2D eigenvalue weighted by atomic mass is 10.3. The molecule has 0 saturated carbocycles. The summed E-state index contributed by atoms with van der Waals surface area (Å²) in [5, 5.41) is 3.98. The molecular weight excluding hydrogens is 154 g/mol. The molecule has 0 fully saturated rings. The lowest BCUT2D eigenvalue weighted by Gasteiger charge is -1.97. The van der Waals surface area contributed by atoms with Gasteiger partial charge in [0.2, 0.25) is 5.91 Å². The second kappa shape index (κ2) is 3.47. The first kappa shape index (κ1) is 8.90. The van der Waals surface area contributed by atoms with Crippen molar-refractivity contribution in [2.24, 2.45) is 0 Å². The van der Waals surface area contributed by atoms with Crippen LogP contribution >= 0.6 is 0 Å². The molecule has 0 unspecified atom stereocenters. The number of aryl methyl sites for hydroxylation is 2.